The number of carbonyl (C=O) groups excluding carboxylic acids is 2. The van der Waals surface area contributed by atoms with Gasteiger partial charge in [0.2, 0.25) is 0 Å². The molecule has 2 aliphatic rings. The first-order chi connectivity index (χ1) is 25.7. The van der Waals surface area contributed by atoms with Crippen LogP contribution in [0.15, 0.2) is 97.1 Å². The summed E-state index contributed by atoms with van der Waals surface area (Å²) in [5, 5.41) is 16.8. The number of rotatable bonds is 9. The molecule has 54 heavy (non-hydrogen) atoms. The Morgan fingerprint density at radius 2 is 1.00 bits per heavy atom. The van der Waals surface area contributed by atoms with Gasteiger partial charge in [0.15, 0.2) is 0 Å². The topological polar surface area (TPSA) is 134 Å². The van der Waals surface area contributed by atoms with Crippen LogP contribution in [-0.2, 0) is 10.8 Å². The Kier molecular flexibility index (Phi) is 12.9. The van der Waals surface area contributed by atoms with E-state index in [1.165, 1.54) is 62.0 Å². The minimum absolute atomic E-state index is 0.0576. The molecule has 0 spiro atoms. The van der Waals surface area contributed by atoms with Crippen LogP contribution in [0.5, 0.6) is 0 Å². The average Bonchev–Trinajstić information content (AvgIpc) is 3.16. The second kappa shape index (κ2) is 17.4. The molecule has 10 heteroatoms. The molecule has 0 unspecified atom stereocenters. The van der Waals surface area contributed by atoms with Gasteiger partial charge in [-0.2, -0.15) is 0 Å². The molecule has 10 nitrogen and oxygen atoms in total. The van der Waals surface area contributed by atoms with Crippen LogP contribution >= 0.6 is 0 Å². The number of anilines is 3. The lowest BCUT2D eigenvalue weighted by atomic mass is 9.69. The Morgan fingerprint density at radius 3 is 1.41 bits per heavy atom. The minimum Gasteiger partial charge on any atom is -0.398 e. The van der Waals surface area contributed by atoms with Crippen molar-refractivity contribution in [3.05, 3.63) is 129 Å². The Morgan fingerprint density at radius 1 is 0.630 bits per heavy atom. The summed E-state index contributed by atoms with van der Waals surface area (Å²) < 4.78 is 0. The van der Waals surface area contributed by atoms with Crippen LogP contribution in [0.3, 0.4) is 0 Å². The molecular weight excluding hydrogens is 677 g/mol. The van der Waals surface area contributed by atoms with Gasteiger partial charge in [-0.1, -0.05) is 76.2 Å². The summed E-state index contributed by atoms with van der Waals surface area (Å²) in [4.78, 5) is 40.2. The lowest BCUT2D eigenvalue weighted by Crippen LogP contribution is -2.39. The Bertz CT molecular complexity index is 1890. The fourth-order valence-corrected chi connectivity index (χ4v) is 7.82. The molecule has 4 aromatic rings. The van der Waals surface area contributed by atoms with E-state index >= 15 is 0 Å². The first-order valence-electron chi connectivity index (χ1n) is 19.0. The molecule has 4 aromatic carbocycles. The summed E-state index contributed by atoms with van der Waals surface area (Å²) in [6.45, 7) is 13.8. The Labute approximate surface area is 320 Å². The van der Waals surface area contributed by atoms with Crippen molar-refractivity contribution in [3.63, 3.8) is 0 Å². The van der Waals surface area contributed by atoms with E-state index in [1.54, 1.807) is 24.3 Å². The van der Waals surface area contributed by atoms with Gasteiger partial charge in [-0.25, -0.2) is 0 Å². The van der Waals surface area contributed by atoms with Crippen molar-refractivity contribution < 1.29 is 14.5 Å². The number of nitrogens with zero attached hydrogens (tertiary/aromatic N) is 3. The highest BCUT2D eigenvalue weighted by atomic mass is 16.6. The molecular formula is C44H56N6O4. The molecule has 0 aromatic heterocycles. The average molecular weight is 733 g/mol. The van der Waals surface area contributed by atoms with E-state index in [0.29, 0.717) is 28.8 Å². The first kappa shape index (κ1) is 40.1. The zero-order chi connectivity index (χ0) is 39.0. The number of carbonyl (C=O) groups is 2. The lowest BCUT2D eigenvalue weighted by Gasteiger charge is -2.40. The molecule has 286 valence electrons. The number of piperidine rings is 2. The standard InChI is InChI=1S/C22H27N3O3.C22H29N3O/c1-22(2,17-12-14-24(3)15-13-17)16-8-10-18(11-9-16)23-21(26)19-6-4-5-7-20(19)25(27)28;1-22(2,17-12-14-25(3)15-13-17)16-8-10-18(11-9-16)24-21(26)19-6-4-5-7-20(19)23/h4-11,17H,12-15H2,1-3H3,(H,23,26);4-11,17H,12-15,23H2,1-3H3,(H,24,26). The Hall–Kier alpha value is -5.06. The third-order valence-corrected chi connectivity index (χ3v) is 11.8. The Balaban J connectivity index is 0.000000208. The molecule has 0 bridgehead atoms. The van der Waals surface area contributed by atoms with Gasteiger partial charge in [0.05, 0.1) is 10.5 Å². The third-order valence-electron chi connectivity index (χ3n) is 11.8. The lowest BCUT2D eigenvalue weighted by molar-refractivity contribution is -0.385. The molecule has 2 aliphatic heterocycles. The SMILES string of the molecule is CN1CCC(C(C)(C)c2ccc(NC(=O)c3ccccc3N)cc2)CC1.CN1CCC(C(C)(C)c2ccc(NC(=O)c3ccccc3[N+](=O)[O-])cc2)CC1. The minimum atomic E-state index is -0.540. The summed E-state index contributed by atoms with van der Waals surface area (Å²) >= 11 is 0. The van der Waals surface area contributed by atoms with Gasteiger partial charge in [-0.3, -0.25) is 19.7 Å². The van der Waals surface area contributed by atoms with E-state index in [9.17, 15) is 19.7 Å². The summed E-state index contributed by atoms with van der Waals surface area (Å²) in [6.07, 6.45) is 4.82. The largest absolute Gasteiger partial charge is 0.398 e. The summed E-state index contributed by atoms with van der Waals surface area (Å²) in [5.41, 5.74) is 10.9. The van der Waals surface area contributed by atoms with Gasteiger partial charge in [0, 0.05) is 23.1 Å². The third kappa shape index (κ3) is 9.72. The number of benzene rings is 4. The molecule has 0 atom stereocenters. The van der Waals surface area contributed by atoms with E-state index < -0.39 is 10.8 Å². The number of nitrogen functional groups attached to an aromatic ring is 1. The molecule has 0 aliphatic carbocycles. The first-order valence-corrected chi connectivity index (χ1v) is 19.0. The highest BCUT2D eigenvalue weighted by molar-refractivity contribution is 6.08. The molecule has 2 saturated heterocycles. The van der Waals surface area contributed by atoms with Crippen LogP contribution < -0.4 is 16.4 Å². The van der Waals surface area contributed by atoms with Gasteiger partial charge < -0.3 is 26.2 Å². The maximum atomic E-state index is 12.5. The fourth-order valence-electron chi connectivity index (χ4n) is 7.82. The predicted octanol–water partition coefficient (Wildman–Crippen LogP) is 8.61. The number of amides is 2. The number of hydrogen-bond donors (Lipinski definition) is 3. The van der Waals surface area contributed by atoms with Crippen LogP contribution in [0.1, 0.15) is 85.2 Å². The molecule has 0 radical (unpaired) electrons. The van der Waals surface area contributed by atoms with Crippen LogP contribution in [0, 0.1) is 22.0 Å². The van der Waals surface area contributed by atoms with Gasteiger partial charge in [0.25, 0.3) is 17.5 Å². The van der Waals surface area contributed by atoms with Crippen LogP contribution in [-0.4, -0.2) is 66.8 Å². The molecule has 4 N–H and O–H groups in total. The van der Waals surface area contributed by atoms with E-state index in [1.807, 2.05) is 48.5 Å². The van der Waals surface area contributed by atoms with Crippen molar-refractivity contribution in [1.29, 1.82) is 0 Å². The van der Waals surface area contributed by atoms with Crippen molar-refractivity contribution in [2.45, 2.75) is 64.2 Å². The van der Waals surface area contributed by atoms with Crippen molar-refractivity contribution >= 4 is 34.6 Å². The summed E-state index contributed by atoms with van der Waals surface area (Å²) in [5.74, 6) is 0.652. The van der Waals surface area contributed by atoms with E-state index in [2.05, 4.69) is 74.4 Å². The smallest absolute Gasteiger partial charge is 0.282 e. The number of para-hydroxylation sites is 2. The fraction of sp³-hybridized carbons (Fsp3) is 0.409. The molecule has 2 fully saturated rings. The van der Waals surface area contributed by atoms with Crippen molar-refractivity contribution in [3.8, 4) is 0 Å². The van der Waals surface area contributed by atoms with Crippen molar-refractivity contribution in [2.24, 2.45) is 11.8 Å². The number of nitrogens with two attached hydrogens (primary N) is 1. The summed E-state index contributed by atoms with van der Waals surface area (Å²) in [6, 6.07) is 29.2. The zero-order valence-corrected chi connectivity index (χ0v) is 32.6. The number of nitrogens with one attached hydrogen (secondary N) is 2. The van der Waals surface area contributed by atoms with E-state index in [0.717, 1.165) is 18.8 Å². The number of hydrogen-bond acceptors (Lipinski definition) is 7. The quantitative estimate of drug-likeness (QED) is 0.0892. The molecule has 2 amide bonds. The zero-order valence-electron chi connectivity index (χ0n) is 32.6. The van der Waals surface area contributed by atoms with Gasteiger partial charge in [-0.15, -0.1) is 0 Å². The van der Waals surface area contributed by atoms with Crippen molar-refractivity contribution in [1.82, 2.24) is 9.80 Å². The highest BCUT2D eigenvalue weighted by Crippen LogP contribution is 2.39. The van der Waals surface area contributed by atoms with Crippen LogP contribution in [0.25, 0.3) is 0 Å². The predicted molar refractivity (Wildman–Crippen MR) is 219 cm³/mol. The van der Waals surface area contributed by atoms with Gasteiger partial charge in [0.1, 0.15) is 5.56 Å². The number of likely N-dealkylation sites (tertiary alicyclic amines) is 2. The van der Waals surface area contributed by atoms with Crippen LogP contribution in [0.2, 0.25) is 0 Å². The summed E-state index contributed by atoms with van der Waals surface area (Å²) in [7, 11) is 4.36. The maximum Gasteiger partial charge on any atom is 0.282 e. The van der Waals surface area contributed by atoms with Crippen molar-refractivity contribution in [2.75, 3.05) is 56.6 Å². The second-order valence-corrected chi connectivity index (χ2v) is 16.0. The van der Waals surface area contributed by atoms with Gasteiger partial charge >= 0.3 is 0 Å². The number of nitro benzene ring substituents is 1. The second-order valence-electron chi connectivity index (χ2n) is 16.0. The van der Waals surface area contributed by atoms with E-state index in [-0.39, 0.29) is 28.0 Å². The maximum absolute atomic E-state index is 12.5. The van der Waals surface area contributed by atoms with E-state index in [4.69, 9.17) is 5.73 Å². The monoisotopic (exact) mass is 732 g/mol. The molecule has 2 heterocycles. The van der Waals surface area contributed by atoms with Gasteiger partial charge in [-0.05, 0) is 142 Å². The highest BCUT2D eigenvalue weighted by Gasteiger charge is 2.34. The number of nitro groups is 1. The van der Waals surface area contributed by atoms with Crippen LogP contribution in [0.4, 0.5) is 22.7 Å². The molecule has 6 rings (SSSR count). The normalized spacial score (nSPS) is 16.2. The molecule has 0 saturated carbocycles.